The Labute approximate surface area is 112 Å². The molecule has 0 bridgehead atoms. The summed E-state index contributed by atoms with van der Waals surface area (Å²) in [6, 6.07) is -0.925. The van der Waals surface area contributed by atoms with Crippen molar-refractivity contribution >= 4 is 24.1 Å². The Morgan fingerprint density at radius 3 is 2.63 bits per heavy atom. The van der Waals surface area contributed by atoms with E-state index in [0.29, 0.717) is 24.3 Å². The fraction of sp³-hybridized carbons (Fsp3) is 0.800. The highest BCUT2D eigenvalue weighted by Crippen LogP contribution is 2.14. The number of nitrogens with one attached hydrogen (secondary N) is 1. The third kappa shape index (κ3) is 11.8. The molecule has 0 aromatic heterocycles. The Morgan fingerprint density at radius 2 is 2.11 bits per heavy atom. The summed E-state index contributed by atoms with van der Waals surface area (Å²) in [7, 11) is 0. The van der Waals surface area contributed by atoms with Gasteiger partial charge in [0.2, 0.25) is 6.41 Å². The third-order valence-electron chi connectivity index (χ3n) is 1.96. The minimum Gasteiger partial charge on any atom is -0.480 e. The molecule has 2 N–H and O–H groups in total. The van der Waals surface area contributed by atoms with Crippen LogP contribution in [-0.2, 0) is 14.3 Å². The Hall–Kier alpha value is -0.960. The van der Waals surface area contributed by atoms with E-state index in [0.717, 1.165) is 0 Å². The largest absolute Gasteiger partial charge is 0.480 e. The molecule has 0 spiro atoms. The molecule has 1 atom stereocenters. The van der Waals surface area contributed by atoms with Crippen LogP contribution in [0.1, 0.15) is 12.8 Å². The smallest absolute Gasteiger partial charge is 0.411 e. The van der Waals surface area contributed by atoms with E-state index in [1.165, 1.54) is 11.8 Å². The van der Waals surface area contributed by atoms with Crippen molar-refractivity contribution in [3.8, 4) is 0 Å². The third-order valence-corrected chi connectivity index (χ3v) is 3.06. The van der Waals surface area contributed by atoms with E-state index in [4.69, 9.17) is 5.11 Å². The number of thioether (sulfide) groups is 1. The number of carboxylic acids is 1. The molecule has 1 unspecified atom stereocenters. The lowest BCUT2D eigenvalue weighted by Gasteiger charge is -2.10. The zero-order chi connectivity index (χ0) is 14.7. The summed E-state index contributed by atoms with van der Waals surface area (Å²) in [4.78, 5) is 20.7. The van der Waals surface area contributed by atoms with E-state index in [9.17, 15) is 22.8 Å². The summed E-state index contributed by atoms with van der Waals surface area (Å²) in [5.74, 6) is -0.0382. The standard InChI is InChI=1S/C10H16F3NO4S/c11-10(12,13)6-18-3-1-4-19-5-2-8(9(16)17)14-7-15/h7-8H,1-6H2,(H,14,15)(H,16,17). The molecule has 0 aromatic rings. The molecule has 0 aliphatic carbocycles. The van der Waals surface area contributed by atoms with Crippen molar-refractivity contribution in [1.29, 1.82) is 0 Å². The van der Waals surface area contributed by atoms with Crippen LogP contribution in [0, 0.1) is 0 Å². The maximum Gasteiger partial charge on any atom is 0.411 e. The Kier molecular flexibility index (Phi) is 9.40. The van der Waals surface area contributed by atoms with Crippen LogP contribution in [0.5, 0.6) is 0 Å². The second-order valence-corrected chi connectivity index (χ2v) is 4.82. The van der Waals surface area contributed by atoms with Crippen LogP contribution in [0.3, 0.4) is 0 Å². The number of halogens is 3. The van der Waals surface area contributed by atoms with Gasteiger partial charge in [0.15, 0.2) is 0 Å². The van der Waals surface area contributed by atoms with Gasteiger partial charge in [-0.25, -0.2) is 4.79 Å². The molecule has 0 saturated heterocycles. The van der Waals surface area contributed by atoms with Crippen LogP contribution in [0.2, 0.25) is 0 Å². The van der Waals surface area contributed by atoms with Crippen LogP contribution in [0.4, 0.5) is 13.2 Å². The highest BCUT2D eigenvalue weighted by molar-refractivity contribution is 7.99. The van der Waals surface area contributed by atoms with Gasteiger partial charge >= 0.3 is 12.1 Å². The zero-order valence-corrected chi connectivity index (χ0v) is 10.9. The molecule has 5 nitrogen and oxygen atoms in total. The number of hydrogen-bond acceptors (Lipinski definition) is 4. The molecule has 0 aliphatic heterocycles. The van der Waals surface area contributed by atoms with Crippen LogP contribution in [-0.4, -0.2) is 54.4 Å². The van der Waals surface area contributed by atoms with Crippen molar-refractivity contribution in [3.63, 3.8) is 0 Å². The molecule has 0 radical (unpaired) electrons. The fourth-order valence-electron chi connectivity index (χ4n) is 1.11. The average molecular weight is 303 g/mol. The van der Waals surface area contributed by atoms with Crippen molar-refractivity contribution in [2.75, 3.05) is 24.7 Å². The summed E-state index contributed by atoms with van der Waals surface area (Å²) in [5.41, 5.74) is 0. The Morgan fingerprint density at radius 1 is 1.42 bits per heavy atom. The van der Waals surface area contributed by atoms with Crippen molar-refractivity contribution in [2.24, 2.45) is 0 Å². The Balaban J connectivity index is 3.44. The molecular weight excluding hydrogens is 287 g/mol. The number of amides is 1. The van der Waals surface area contributed by atoms with Gasteiger partial charge < -0.3 is 15.2 Å². The lowest BCUT2D eigenvalue weighted by atomic mass is 10.2. The second kappa shape index (κ2) is 9.90. The van der Waals surface area contributed by atoms with Gasteiger partial charge in [-0.05, 0) is 24.3 Å². The number of carboxylic acid groups (broad SMARTS) is 1. The van der Waals surface area contributed by atoms with Gasteiger partial charge in [-0.1, -0.05) is 0 Å². The molecule has 0 heterocycles. The van der Waals surface area contributed by atoms with Crippen LogP contribution in [0.25, 0.3) is 0 Å². The first-order chi connectivity index (χ1) is 8.87. The van der Waals surface area contributed by atoms with Crippen LogP contribution in [0.15, 0.2) is 0 Å². The molecule has 0 fully saturated rings. The number of rotatable bonds is 11. The zero-order valence-electron chi connectivity index (χ0n) is 10.1. The lowest BCUT2D eigenvalue weighted by molar-refractivity contribution is -0.173. The molecule has 1 amide bonds. The monoisotopic (exact) mass is 303 g/mol. The number of hydrogen-bond donors (Lipinski definition) is 2. The van der Waals surface area contributed by atoms with Gasteiger partial charge in [-0.2, -0.15) is 24.9 Å². The highest BCUT2D eigenvalue weighted by Gasteiger charge is 2.27. The van der Waals surface area contributed by atoms with E-state index in [1.54, 1.807) is 0 Å². The molecular formula is C10H16F3NO4S. The van der Waals surface area contributed by atoms with Crippen molar-refractivity contribution in [1.82, 2.24) is 5.32 Å². The summed E-state index contributed by atoms with van der Waals surface area (Å²) in [6.07, 6.45) is -3.25. The number of alkyl halides is 3. The predicted octanol–water partition coefficient (Wildman–Crippen LogP) is 1.28. The van der Waals surface area contributed by atoms with E-state index in [1.807, 2.05) is 0 Å². The van der Waals surface area contributed by atoms with E-state index in [-0.39, 0.29) is 13.0 Å². The van der Waals surface area contributed by atoms with Gasteiger partial charge in [0.1, 0.15) is 12.6 Å². The molecule has 0 rings (SSSR count). The summed E-state index contributed by atoms with van der Waals surface area (Å²) < 4.78 is 39.5. The van der Waals surface area contributed by atoms with Crippen molar-refractivity contribution in [2.45, 2.75) is 25.1 Å². The summed E-state index contributed by atoms with van der Waals surface area (Å²) in [5, 5.41) is 10.9. The number of carbonyl (C=O) groups is 2. The first-order valence-electron chi connectivity index (χ1n) is 5.51. The van der Waals surface area contributed by atoms with Crippen molar-refractivity contribution < 1.29 is 32.6 Å². The summed E-state index contributed by atoms with van der Waals surface area (Å²) >= 11 is 1.40. The van der Waals surface area contributed by atoms with Gasteiger partial charge in [0.05, 0.1) is 0 Å². The van der Waals surface area contributed by atoms with Gasteiger partial charge in [0, 0.05) is 6.61 Å². The lowest BCUT2D eigenvalue weighted by Crippen LogP contribution is -2.36. The molecule has 0 aliphatic rings. The molecule has 0 saturated carbocycles. The topological polar surface area (TPSA) is 75.6 Å². The fourth-order valence-corrected chi connectivity index (χ4v) is 2.04. The molecule has 19 heavy (non-hydrogen) atoms. The minimum atomic E-state index is -4.30. The van der Waals surface area contributed by atoms with Crippen LogP contribution >= 0.6 is 11.8 Å². The number of aliphatic carboxylic acids is 1. The van der Waals surface area contributed by atoms with Crippen molar-refractivity contribution in [3.05, 3.63) is 0 Å². The quantitative estimate of drug-likeness (QED) is 0.444. The van der Waals surface area contributed by atoms with Gasteiger partial charge in [0.25, 0.3) is 0 Å². The Bertz CT molecular complexity index is 276. The first-order valence-corrected chi connectivity index (χ1v) is 6.67. The minimum absolute atomic E-state index is 0.0153. The summed E-state index contributed by atoms with van der Waals surface area (Å²) in [6.45, 7) is -1.23. The molecule has 0 aromatic carbocycles. The van der Waals surface area contributed by atoms with Gasteiger partial charge in [-0.15, -0.1) is 0 Å². The normalized spacial score (nSPS) is 13.0. The number of ether oxygens (including phenoxy) is 1. The van der Waals surface area contributed by atoms with Gasteiger partial charge in [-0.3, -0.25) is 4.79 Å². The van der Waals surface area contributed by atoms with Crippen LogP contribution < -0.4 is 5.32 Å². The predicted molar refractivity (Wildman–Crippen MR) is 64.1 cm³/mol. The molecule has 9 heteroatoms. The van der Waals surface area contributed by atoms with E-state index >= 15 is 0 Å². The first kappa shape index (κ1) is 18.0. The average Bonchev–Trinajstić information content (AvgIpc) is 2.29. The maximum atomic E-state index is 11.7. The second-order valence-electron chi connectivity index (χ2n) is 3.60. The molecule has 112 valence electrons. The maximum absolute atomic E-state index is 11.7. The van der Waals surface area contributed by atoms with E-state index < -0.39 is 24.8 Å². The highest BCUT2D eigenvalue weighted by atomic mass is 32.2. The SMILES string of the molecule is O=CNC(CCSCCCOCC(F)(F)F)C(=O)O. The number of carbonyl (C=O) groups excluding carboxylic acids is 1. The van der Waals surface area contributed by atoms with E-state index in [2.05, 4.69) is 10.1 Å².